The van der Waals surface area contributed by atoms with Crippen molar-refractivity contribution in [2.45, 2.75) is 44.8 Å². The van der Waals surface area contributed by atoms with Crippen molar-refractivity contribution in [1.82, 2.24) is 9.88 Å². The van der Waals surface area contributed by atoms with Crippen LogP contribution in [0.1, 0.15) is 51.4 Å². The van der Waals surface area contributed by atoms with Crippen LogP contribution in [-0.4, -0.2) is 68.5 Å². The summed E-state index contributed by atoms with van der Waals surface area (Å²) >= 11 is 12.9. The lowest BCUT2D eigenvalue weighted by molar-refractivity contribution is -0.0311. The zero-order valence-corrected chi connectivity index (χ0v) is 30.0. The molecular weight excluding hydrogens is 677 g/mol. The molecule has 4 aromatic rings. The molecular formula is C39H41Cl2N3O6. The van der Waals surface area contributed by atoms with Gasteiger partial charge in [0.05, 0.1) is 43.0 Å². The van der Waals surface area contributed by atoms with Crippen molar-refractivity contribution in [1.29, 1.82) is 0 Å². The topological polar surface area (TPSA) is 90.4 Å². The molecule has 0 aliphatic carbocycles. The first-order valence-electron chi connectivity index (χ1n) is 16.8. The van der Waals surface area contributed by atoms with Gasteiger partial charge in [-0.3, -0.25) is 14.8 Å². The monoisotopic (exact) mass is 717 g/mol. The van der Waals surface area contributed by atoms with E-state index in [1.807, 2.05) is 61.5 Å². The Labute approximate surface area is 303 Å². The van der Waals surface area contributed by atoms with E-state index in [-0.39, 0.29) is 31.3 Å². The molecule has 3 aromatic carbocycles. The van der Waals surface area contributed by atoms with Crippen LogP contribution in [-0.2, 0) is 22.4 Å². The molecule has 0 radical (unpaired) electrons. The third kappa shape index (κ3) is 8.34. The van der Waals surface area contributed by atoms with E-state index in [1.54, 1.807) is 43.6 Å². The van der Waals surface area contributed by atoms with Crippen LogP contribution in [0.3, 0.4) is 0 Å². The smallest absolute Gasteiger partial charge is 0.414 e. The van der Waals surface area contributed by atoms with Crippen molar-refractivity contribution >= 4 is 41.0 Å². The minimum Gasteiger partial charge on any atom is -0.493 e. The SMILES string of the molecule is COc1ccc([C@@H](COC(=O)c2ccc(CN(C(=O)O[C@H]3CN4CCC3CC4)c3cccc(C)c3)cc2)Cc2c(Cl)cncc2Cl)cc1OC. The highest BCUT2D eigenvalue weighted by atomic mass is 35.5. The number of carbonyl (C=O) groups excluding carboxylic acids is 2. The molecule has 1 amide bonds. The zero-order valence-electron chi connectivity index (χ0n) is 28.4. The van der Waals surface area contributed by atoms with Crippen LogP contribution in [0.5, 0.6) is 11.5 Å². The lowest BCUT2D eigenvalue weighted by Gasteiger charge is -2.44. The highest BCUT2D eigenvalue weighted by Crippen LogP contribution is 2.35. The van der Waals surface area contributed by atoms with Gasteiger partial charge in [-0.25, -0.2) is 9.59 Å². The number of anilines is 1. The lowest BCUT2D eigenvalue weighted by atomic mass is 9.86. The number of rotatable bonds is 12. The van der Waals surface area contributed by atoms with Gasteiger partial charge >= 0.3 is 12.1 Å². The molecule has 3 aliphatic rings. The van der Waals surface area contributed by atoms with Crippen LogP contribution >= 0.6 is 23.2 Å². The van der Waals surface area contributed by atoms with E-state index in [0.717, 1.165) is 54.9 Å². The molecule has 11 heteroatoms. The fraction of sp³-hybridized carbons (Fsp3) is 0.359. The van der Waals surface area contributed by atoms with Crippen LogP contribution in [0.15, 0.2) is 79.1 Å². The second-order valence-corrected chi connectivity index (χ2v) is 13.7. The molecule has 0 saturated carbocycles. The van der Waals surface area contributed by atoms with E-state index >= 15 is 0 Å². The maximum atomic E-state index is 13.7. The Morgan fingerprint density at radius 3 is 2.30 bits per heavy atom. The second-order valence-electron chi connectivity index (χ2n) is 12.9. The number of nitrogens with zero attached hydrogens (tertiary/aromatic N) is 3. The molecule has 50 heavy (non-hydrogen) atoms. The van der Waals surface area contributed by atoms with Gasteiger partial charge in [0.15, 0.2) is 11.5 Å². The Kier molecular flexibility index (Phi) is 11.5. The van der Waals surface area contributed by atoms with Gasteiger partial charge in [0, 0.05) is 30.5 Å². The summed E-state index contributed by atoms with van der Waals surface area (Å²) in [5, 5.41) is 0.856. The number of carbonyl (C=O) groups is 2. The van der Waals surface area contributed by atoms with E-state index in [0.29, 0.717) is 45.0 Å². The highest BCUT2D eigenvalue weighted by molar-refractivity contribution is 6.35. The molecule has 9 nitrogen and oxygen atoms in total. The van der Waals surface area contributed by atoms with Crippen LogP contribution < -0.4 is 14.4 Å². The van der Waals surface area contributed by atoms with E-state index in [4.69, 9.17) is 42.1 Å². The normalized spacial score (nSPS) is 18.6. The van der Waals surface area contributed by atoms with E-state index in [9.17, 15) is 9.59 Å². The molecule has 2 atom stereocenters. The van der Waals surface area contributed by atoms with Gasteiger partial charge in [-0.1, -0.05) is 53.5 Å². The number of aryl methyl sites for hydroxylation is 1. The van der Waals surface area contributed by atoms with Crippen molar-refractivity contribution in [3.63, 3.8) is 0 Å². The molecule has 3 fully saturated rings. The van der Waals surface area contributed by atoms with Gasteiger partial charge in [0.1, 0.15) is 6.10 Å². The summed E-state index contributed by atoms with van der Waals surface area (Å²) in [5.74, 6) is 0.752. The molecule has 0 unspecified atom stereocenters. The number of halogens is 2. The number of aromatic nitrogens is 1. The Morgan fingerprint density at radius 1 is 0.940 bits per heavy atom. The van der Waals surface area contributed by atoms with Crippen LogP contribution in [0.25, 0.3) is 0 Å². The van der Waals surface area contributed by atoms with E-state index in [2.05, 4.69) is 9.88 Å². The van der Waals surface area contributed by atoms with Gasteiger partial charge in [-0.15, -0.1) is 0 Å². The third-order valence-corrected chi connectivity index (χ3v) is 10.3. The van der Waals surface area contributed by atoms with E-state index < -0.39 is 5.97 Å². The van der Waals surface area contributed by atoms with Crippen LogP contribution in [0, 0.1) is 12.8 Å². The Hall–Kier alpha value is -4.31. The van der Waals surface area contributed by atoms with Crippen molar-refractivity contribution in [2.75, 3.05) is 45.4 Å². The average molecular weight is 719 g/mol. The number of fused-ring (bicyclic) bond motifs is 3. The van der Waals surface area contributed by atoms with Gasteiger partial charge in [-0.2, -0.15) is 0 Å². The number of pyridine rings is 1. The number of amides is 1. The Bertz CT molecular complexity index is 1790. The fourth-order valence-electron chi connectivity index (χ4n) is 6.74. The molecule has 0 N–H and O–H groups in total. The number of methoxy groups -OCH3 is 2. The van der Waals surface area contributed by atoms with E-state index in [1.165, 1.54) is 0 Å². The fourth-order valence-corrected chi connectivity index (χ4v) is 7.26. The van der Waals surface area contributed by atoms with Gasteiger partial charge in [0.25, 0.3) is 0 Å². The first-order chi connectivity index (χ1) is 24.2. The minimum atomic E-state index is -0.480. The molecule has 4 heterocycles. The molecule has 1 aromatic heterocycles. The van der Waals surface area contributed by atoms with Crippen molar-refractivity contribution in [3.05, 3.63) is 117 Å². The molecule has 7 rings (SSSR count). The minimum absolute atomic E-state index is 0.0532. The summed E-state index contributed by atoms with van der Waals surface area (Å²) in [5.41, 5.74) is 4.59. The number of benzene rings is 3. The third-order valence-electron chi connectivity index (χ3n) is 9.61. The standard InChI is InChI=1S/C39H41Cl2N3O6/c1-25-5-4-6-31(17-25)44(39(46)50-37-23-43-15-13-27(37)14-16-43)22-26-7-9-28(10-8-26)38(45)49-24-30(18-32-33(40)20-42-21-34(32)41)29-11-12-35(47-2)36(19-29)48-3/h4-12,17,19-21,27,30,37H,13-16,18,22-24H2,1-3H3/t30-,37+/m1/s1. The van der Waals surface area contributed by atoms with Crippen molar-refractivity contribution < 1.29 is 28.5 Å². The predicted molar refractivity (Wildman–Crippen MR) is 194 cm³/mol. The summed E-state index contributed by atoms with van der Waals surface area (Å²) in [7, 11) is 3.14. The maximum Gasteiger partial charge on any atom is 0.414 e. The number of piperidine rings is 3. The summed E-state index contributed by atoms with van der Waals surface area (Å²) in [6.45, 7) is 5.26. The van der Waals surface area contributed by atoms with Crippen LogP contribution in [0.4, 0.5) is 10.5 Å². The van der Waals surface area contributed by atoms with Crippen molar-refractivity contribution in [2.24, 2.45) is 5.92 Å². The maximum absolute atomic E-state index is 13.7. The zero-order chi connectivity index (χ0) is 35.2. The van der Waals surface area contributed by atoms with Gasteiger partial charge < -0.3 is 18.9 Å². The Balaban J connectivity index is 1.16. The first-order valence-corrected chi connectivity index (χ1v) is 17.5. The number of ether oxygens (including phenoxy) is 4. The highest BCUT2D eigenvalue weighted by Gasteiger charge is 2.37. The number of hydrogen-bond acceptors (Lipinski definition) is 8. The average Bonchev–Trinajstić information content (AvgIpc) is 3.13. The summed E-state index contributed by atoms with van der Waals surface area (Å²) < 4.78 is 22.9. The first kappa shape index (κ1) is 35.5. The lowest BCUT2D eigenvalue weighted by Crippen LogP contribution is -2.53. The second kappa shape index (κ2) is 16.1. The molecule has 3 saturated heterocycles. The quantitative estimate of drug-likeness (QED) is 0.136. The van der Waals surface area contributed by atoms with Crippen molar-refractivity contribution in [3.8, 4) is 11.5 Å². The molecule has 3 aliphatic heterocycles. The Morgan fingerprint density at radius 2 is 1.66 bits per heavy atom. The summed E-state index contributed by atoms with van der Waals surface area (Å²) in [6, 6.07) is 20.5. The number of esters is 1. The summed E-state index contributed by atoms with van der Waals surface area (Å²) in [4.78, 5) is 35.1. The molecule has 2 bridgehead atoms. The van der Waals surface area contributed by atoms with Gasteiger partial charge in [-0.05, 0) is 104 Å². The van der Waals surface area contributed by atoms with Gasteiger partial charge in [0.2, 0.25) is 0 Å². The largest absolute Gasteiger partial charge is 0.493 e. The van der Waals surface area contributed by atoms with Crippen LogP contribution in [0.2, 0.25) is 10.0 Å². The summed E-state index contributed by atoms with van der Waals surface area (Å²) in [6.07, 6.45) is 5.11. The predicted octanol–water partition coefficient (Wildman–Crippen LogP) is 8.13. The number of hydrogen-bond donors (Lipinski definition) is 0. The molecule has 262 valence electrons. The molecule has 0 spiro atoms.